The van der Waals surface area contributed by atoms with Crippen molar-refractivity contribution in [1.29, 1.82) is 0 Å². The van der Waals surface area contributed by atoms with Crippen LogP contribution in [0.3, 0.4) is 0 Å². The smallest absolute Gasteiger partial charge is 0.228 e. The number of aryl methyl sites for hydroxylation is 1. The number of hydrogen-bond donors (Lipinski definition) is 0. The standard InChI is InChI=1S/C32H26N4O4/c1-19-8-12-22(13-9-19)39-17-27-34-31-29-28(21-11-15-25(37-2)26(16-21)38-3)24-14-10-20-6-4-5-7-23(20)30(24)40-32(29)33-18-36(31)35-27/h4-16,18,28H,17H2,1-3H3. The average Bonchev–Trinajstić information content (AvgIpc) is 3.43. The van der Waals surface area contributed by atoms with Crippen LogP contribution in [-0.4, -0.2) is 33.8 Å². The first-order chi connectivity index (χ1) is 19.6. The van der Waals surface area contributed by atoms with Gasteiger partial charge in [0.05, 0.1) is 19.8 Å². The number of benzene rings is 4. The lowest BCUT2D eigenvalue weighted by atomic mass is 9.82. The van der Waals surface area contributed by atoms with Gasteiger partial charge in [-0.3, -0.25) is 0 Å². The maximum Gasteiger partial charge on any atom is 0.228 e. The quantitative estimate of drug-likeness (QED) is 0.244. The van der Waals surface area contributed by atoms with Gasteiger partial charge < -0.3 is 18.9 Å². The lowest BCUT2D eigenvalue weighted by molar-refractivity contribution is 0.296. The Morgan fingerprint density at radius 2 is 1.73 bits per heavy atom. The predicted octanol–water partition coefficient (Wildman–Crippen LogP) is 6.47. The summed E-state index contributed by atoms with van der Waals surface area (Å²) in [5.74, 6) is 3.65. The van der Waals surface area contributed by atoms with Gasteiger partial charge in [-0.2, -0.15) is 0 Å². The molecule has 1 atom stereocenters. The molecule has 7 rings (SSSR count). The Bertz CT molecular complexity index is 1880. The zero-order chi connectivity index (χ0) is 27.2. The average molecular weight is 531 g/mol. The highest BCUT2D eigenvalue weighted by molar-refractivity contribution is 5.91. The summed E-state index contributed by atoms with van der Waals surface area (Å²) in [5, 5.41) is 6.78. The normalized spacial score (nSPS) is 13.9. The molecule has 0 saturated heterocycles. The van der Waals surface area contributed by atoms with Gasteiger partial charge in [-0.15, -0.1) is 5.10 Å². The van der Waals surface area contributed by atoms with Crippen LogP contribution in [0.1, 0.15) is 34.0 Å². The van der Waals surface area contributed by atoms with Crippen LogP contribution in [0.15, 0.2) is 85.2 Å². The van der Waals surface area contributed by atoms with Crippen LogP contribution < -0.4 is 18.9 Å². The van der Waals surface area contributed by atoms with Gasteiger partial charge in [-0.25, -0.2) is 14.5 Å². The van der Waals surface area contributed by atoms with Crippen LogP contribution in [0, 0.1) is 6.92 Å². The molecule has 1 unspecified atom stereocenters. The molecule has 0 saturated carbocycles. The molecule has 198 valence electrons. The highest BCUT2D eigenvalue weighted by Gasteiger charge is 2.34. The Morgan fingerprint density at radius 3 is 2.55 bits per heavy atom. The first-order valence-electron chi connectivity index (χ1n) is 13.0. The molecular formula is C32H26N4O4. The number of methoxy groups -OCH3 is 2. The lowest BCUT2D eigenvalue weighted by Gasteiger charge is -2.29. The molecule has 8 nitrogen and oxygen atoms in total. The van der Waals surface area contributed by atoms with E-state index in [9.17, 15) is 0 Å². The minimum Gasteiger partial charge on any atom is -0.493 e. The molecule has 0 amide bonds. The van der Waals surface area contributed by atoms with E-state index in [1.54, 1.807) is 25.1 Å². The molecule has 2 aromatic heterocycles. The molecule has 6 aromatic rings. The Hall–Kier alpha value is -5.11. The molecule has 0 bridgehead atoms. The number of ether oxygens (including phenoxy) is 4. The topological polar surface area (TPSA) is 80.0 Å². The van der Waals surface area contributed by atoms with Crippen LogP contribution in [0.4, 0.5) is 0 Å². The summed E-state index contributed by atoms with van der Waals surface area (Å²) in [6.45, 7) is 2.27. The third-order valence-electron chi connectivity index (χ3n) is 7.27. The highest BCUT2D eigenvalue weighted by atomic mass is 16.5. The van der Waals surface area contributed by atoms with Crippen molar-refractivity contribution in [3.63, 3.8) is 0 Å². The maximum atomic E-state index is 6.52. The molecule has 8 heteroatoms. The third kappa shape index (κ3) is 3.96. The van der Waals surface area contributed by atoms with Gasteiger partial charge >= 0.3 is 0 Å². The Balaban J connectivity index is 1.39. The van der Waals surface area contributed by atoms with E-state index in [2.05, 4.69) is 34.3 Å². The summed E-state index contributed by atoms with van der Waals surface area (Å²) in [6.07, 6.45) is 1.64. The van der Waals surface area contributed by atoms with Gasteiger partial charge in [0, 0.05) is 16.9 Å². The number of hydrogen-bond acceptors (Lipinski definition) is 7. The van der Waals surface area contributed by atoms with E-state index in [4.69, 9.17) is 23.9 Å². The first kappa shape index (κ1) is 24.0. The minimum absolute atomic E-state index is 0.225. The van der Waals surface area contributed by atoms with Crippen molar-refractivity contribution >= 4 is 16.4 Å². The Kier molecular flexibility index (Phi) is 5.73. The van der Waals surface area contributed by atoms with E-state index >= 15 is 0 Å². The molecule has 3 heterocycles. The fraction of sp³-hybridized carbons (Fsp3) is 0.156. The van der Waals surface area contributed by atoms with Crippen LogP contribution in [0.2, 0.25) is 0 Å². The minimum atomic E-state index is -0.241. The second-order valence-electron chi connectivity index (χ2n) is 9.72. The van der Waals surface area contributed by atoms with Crippen LogP contribution >= 0.6 is 0 Å². The second-order valence-corrected chi connectivity index (χ2v) is 9.72. The molecule has 4 aromatic carbocycles. The molecule has 0 aliphatic carbocycles. The third-order valence-corrected chi connectivity index (χ3v) is 7.27. The molecule has 0 spiro atoms. The summed E-state index contributed by atoms with van der Waals surface area (Å²) in [6, 6.07) is 26.3. The summed E-state index contributed by atoms with van der Waals surface area (Å²) in [5.41, 5.74) is 4.66. The second kappa shape index (κ2) is 9.57. The van der Waals surface area contributed by atoms with E-state index < -0.39 is 0 Å². The SMILES string of the molecule is COc1ccc(C2c3ccc4ccccc4c3Oc3ncn4nc(COc5ccc(C)cc5)nc4c32)cc1OC. The first-order valence-corrected chi connectivity index (χ1v) is 13.0. The molecule has 1 aliphatic rings. The monoisotopic (exact) mass is 530 g/mol. The van der Waals surface area contributed by atoms with Crippen molar-refractivity contribution in [3.05, 3.63) is 113 Å². The van der Waals surface area contributed by atoms with E-state index in [0.29, 0.717) is 28.9 Å². The summed E-state index contributed by atoms with van der Waals surface area (Å²) in [7, 11) is 3.27. The van der Waals surface area contributed by atoms with Gasteiger partial charge in [0.2, 0.25) is 5.88 Å². The van der Waals surface area contributed by atoms with Crippen LogP contribution in [-0.2, 0) is 6.61 Å². The number of nitrogens with zero attached hydrogens (tertiary/aromatic N) is 4. The number of rotatable bonds is 6. The fourth-order valence-electron chi connectivity index (χ4n) is 5.31. The van der Waals surface area contributed by atoms with E-state index in [-0.39, 0.29) is 12.5 Å². The van der Waals surface area contributed by atoms with Crippen LogP contribution in [0.5, 0.6) is 28.9 Å². The van der Waals surface area contributed by atoms with Gasteiger partial charge in [0.1, 0.15) is 24.4 Å². The van der Waals surface area contributed by atoms with Crippen molar-refractivity contribution in [2.24, 2.45) is 0 Å². The van der Waals surface area contributed by atoms with Crippen molar-refractivity contribution < 1.29 is 18.9 Å². The molecule has 0 fully saturated rings. The van der Waals surface area contributed by atoms with Crippen molar-refractivity contribution in [2.75, 3.05) is 14.2 Å². The van der Waals surface area contributed by atoms with E-state index in [1.807, 2.05) is 61.5 Å². The number of aromatic nitrogens is 4. The predicted molar refractivity (Wildman–Crippen MR) is 151 cm³/mol. The van der Waals surface area contributed by atoms with Gasteiger partial charge in [0.15, 0.2) is 23.0 Å². The maximum absolute atomic E-state index is 6.52. The summed E-state index contributed by atoms with van der Waals surface area (Å²) in [4.78, 5) is 9.58. The molecular weight excluding hydrogens is 504 g/mol. The van der Waals surface area contributed by atoms with Gasteiger partial charge in [0.25, 0.3) is 0 Å². The van der Waals surface area contributed by atoms with Crippen molar-refractivity contribution in [3.8, 4) is 28.9 Å². The Morgan fingerprint density at radius 1 is 0.900 bits per heavy atom. The number of fused-ring (bicyclic) bond motifs is 6. The van der Waals surface area contributed by atoms with Crippen LogP contribution in [0.25, 0.3) is 16.4 Å². The highest BCUT2D eigenvalue weighted by Crippen LogP contribution is 2.51. The van der Waals surface area contributed by atoms with Gasteiger partial charge in [-0.1, -0.05) is 60.2 Å². The zero-order valence-corrected chi connectivity index (χ0v) is 22.3. The molecule has 0 radical (unpaired) electrons. The zero-order valence-electron chi connectivity index (χ0n) is 22.3. The molecule has 40 heavy (non-hydrogen) atoms. The van der Waals surface area contributed by atoms with Gasteiger partial charge in [-0.05, 0) is 42.1 Å². The van der Waals surface area contributed by atoms with Crippen molar-refractivity contribution in [1.82, 2.24) is 19.6 Å². The van der Waals surface area contributed by atoms with E-state index in [0.717, 1.165) is 39.0 Å². The summed E-state index contributed by atoms with van der Waals surface area (Å²) < 4.78 is 25.4. The molecule has 1 aliphatic heterocycles. The largest absolute Gasteiger partial charge is 0.493 e. The lowest BCUT2D eigenvalue weighted by Crippen LogP contribution is -2.15. The van der Waals surface area contributed by atoms with Crippen molar-refractivity contribution in [2.45, 2.75) is 19.4 Å². The fourth-order valence-corrected chi connectivity index (χ4v) is 5.31. The van der Waals surface area contributed by atoms with E-state index in [1.165, 1.54) is 5.56 Å². The summed E-state index contributed by atoms with van der Waals surface area (Å²) >= 11 is 0. The molecule has 0 N–H and O–H groups in total. The Labute approximate surface area is 230 Å².